The molecule has 0 bridgehead atoms. The van der Waals surface area contributed by atoms with E-state index in [9.17, 15) is 4.39 Å². The van der Waals surface area contributed by atoms with Gasteiger partial charge in [-0.2, -0.15) is 0 Å². The molecule has 0 amide bonds. The highest BCUT2D eigenvalue weighted by molar-refractivity contribution is 5.54. The third-order valence-electron chi connectivity index (χ3n) is 5.20. The molecule has 5 nitrogen and oxygen atoms in total. The Bertz CT molecular complexity index is 536. The van der Waals surface area contributed by atoms with Crippen LogP contribution >= 0.6 is 0 Å². The van der Waals surface area contributed by atoms with Gasteiger partial charge in [0.1, 0.15) is 5.82 Å². The highest BCUT2D eigenvalue weighted by atomic mass is 19.1. The van der Waals surface area contributed by atoms with Crippen LogP contribution in [0.15, 0.2) is 18.2 Å². The Balaban J connectivity index is 1.54. The summed E-state index contributed by atoms with van der Waals surface area (Å²) in [5, 5.41) is 0. The average molecular weight is 336 g/mol. The molecule has 1 aromatic carbocycles. The van der Waals surface area contributed by atoms with Gasteiger partial charge in [0, 0.05) is 51.0 Å². The molecule has 0 aliphatic carbocycles. The molecule has 0 radical (unpaired) electrons. The molecule has 2 saturated heterocycles. The Labute approximate surface area is 144 Å². The summed E-state index contributed by atoms with van der Waals surface area (Å²) in [4.78, 5) is 7.05. The summed E-state index contributed by atoms with van der Waals surface area (Å²) < 4.78 is 19.6. The topological polar surface area (TPSA) is 45.0 Å². The quantitative estimate of drug-likeness (QED) is 0.828. The number of rotatable bonds is 5. The lowest BCUT2D eigenvalue weighted by Gasteiger charge is -2.39. The molecule has 1 unspecified atom stereocenters. The molecule has 3 rings (SSSR count). The first kappa shape index (κ1) is 17.5. The summed E-state index contributed by atoms with van der Waals surface area (Å²) in [7, 11) is 2.19. The van der Waals surface area contributed by atoms with Gasteiger partial charge in [0.15, 0.2) is 0 Å². The second-order valence-electron chi connectivity index (χ2n) is 6.89. The number of hydrogen-bond donors (Lipinski definition) is 1. The molecule has 0 saturated carbocycles. The molecule has 2 heterocycles. The number of ether oxygens (including phenoxy) is 1. The summed E-state index contributed by atoms with van der Waals surface area (Å²) in [5.41, 5.74) is 6.82. The van der Waals surface area contributed by atoms with E-state index in [2.05, 4.69) is 21.7 Å². The van der Waals surface area contributed by atoms with Crippen molar-refractivity contribution in [3.05, 3.63) is 24.0 Å². The Hall–Kier alpha value is -1.37. The number of likely N-dealkylation sites (N-methyl/N-ethyl adjacent to an activating group) is 1. The Morgan fingerprint density at radius 3 is 2.83 bits per heavy atom. The van der Waals surface area contributed by atoms with Crippen molar-refractivity contribution in [3.63, 3.8) is 0 Å². The summed E-state index contributed by atoms with van der Waals surface area (Å²) >= 11 is 0. The van der Waals surface area contributed by atoms with Crippen LogP contribution in [0.5, 0.6) is 0 Å². The van der Waals surface area contributed by atoms with Crippen molar-refractivity contribution in [2.45, 2.75) is 18.9 Å². The molecule has 6 heteroatoms. The second-order valence-corrected chi connectivity index (χ2v) is 6.89. The van der Waals surface area contributed by atoms with Crippen LogP contribution < -0.4 is 10.6 Å². The molecule has 1 aromatic rings. The fraction of sp³-hybridized carbons (Fsp3) is 0.667. The number of nitrogens with zero attached hydrogens (tertiary/aromatic N) is 3. The van der Waals surface area contributed by atoms with Crippen molar-refractivity contribution >= 4 is 11.4 Å². The number of hydrogen-bond acceptors (Lipinski definition) is 5. The van der Waals surface area contributed by atoms with E-state index in [0.29, 0.717) is 17.4 Å². The first-order valence-corrected chi connectivity index (χ1v) is 8.94. The van der Waals surface area contributed by atoms with Crippen LogP contribution in [-0.4, -0.2) is 75.4 Å². The lowest BCUT2D eigenvalue weighted by atomic mass is 10.0. The number of nitrogen functional groups attached to an aromatic ring is 1. The van der Waals surface area contributed by atoms with Crippen molar-refractivity contribution in [2.75, 3.05) is 70.2 Å². The predicted molar refractivity (Wildman–Crippen MR) is 95.9 cm³/mol. The maximum absolute atomic E-state index is 14.2. The number of benzene rings is 1. The molecule has 2 fully saturated rings. The van der Waals surface area contributed by atoms with E-state index >= 15 is 0 Å². The van der Waals surface area contributed by atoms with E-state index in [-0.39, 0.29) is 5.82 Å². The fourth-order valence-corrected chi connectivity index (χ4v) is 3.62. The average Bonchev–Trinajstić information content (AvgIpc) is 2.60. The smallest absolute Gasteiger partial charge is 0.148 e. The summed E-state index contributed by atoms with van der Waals surface area (Å²) in [6, 6.07) is 5.48. The van der Waals surface area contributed by atoms with Gasteiger partial charge in [-0.15, -0.1) is 0 Å². The van der Waals surface area contributed by atoms with Gasteiger partial charge in [-0.3, -0.25) is 4.90 Å². The van der Waals surface area contributed by atoms with Crippen LogP contribution in [0.25, 0.3) is 0 Å². The standard InChI is InChI=1S/C18H29FN4O/c1-21(7-8-22-9-11-24-12-10-22)16-3-2-6-23(14-16)18-5-4-15(20)13-17(18)19/h4-5,13,16H,2-3,6-12,14,20H2,1H3. The van der Waals surface area contributed by atoms with Crippen LogP contribution in [0.3, 0.4) is 0 Å². The lowest BCUT2D eigenvalue weighted by molar-refractivity contribution is 0.0322. The summed E-state index contributed by atoms with van der Waals surface area (Å²) in [6.45, 7) is 7.65. The number of anilines is 2. The van der Waals surface area contributed by atoms with Crippen molar-refractivity contribution in [1.29, 1.82) is 0 Å². The molecule has 0 aromatic heterocycles. The number of morpholine rings is 1. The third-order valence-corrected chi connectivity index (χ3v) is 5.20. The highest BCUT2D eigenvalue weighted by Crippen LogP contribution is 2.26. The van der Waals surface area contributed by atoms with Crippen molar-refractivity contribution in [3.8, 4) is 0 Å². The molecule has 2 N–H and O–H groups in total. The largest absolute Gasteiger partial charge is 0.399 e. The number of piperidine rings is 1. The minimum absolute atomic E-state index is 0.216. The second kappa shape index (κ2) is 8.14. The van der Waals surface area contributed by atoms with E-state index in [1.165, 1.54) is 12.5 Å². The van der Waals surface area contributed by atoms with E-state index in [1.54, 1.807) is 12.1 Å². The molecule has 1 atom stereocenters. The van der Waals surface area contributed by atoms with Gasteiger partial charge in [0.05, 0.1) is 18.9 Å². The number of halogens is 1. The highest BCUT2D eigenvalue weighted by Gasteiger charge is 2.25. The lowest BCUT2D eigenvalue weighted by Crippen LogP contribution is -2.49. The molecule has 0 spiro atoms. The molecular weight excluding hydrogens is 307 g/mol. The minimum atomic E-state index is -0.216. The maximum atomic E-state index is 14.2. The van der Waals surface area contributed by atoms with Crippen molar-refractivity contribution in [1.82, 2.24) is 9.80 Å². The monoisotopic (exact) mass is 336 g/mol. The Morgan fingerprint density at radius 1 is 1.29 bits per heavy atom. The Kier molecular flexibility index (Phi) is 5.92. The first-order valence-electron chi connectivity index (χ1n) is 8.94. The van der Waals surface area contributed by atoms with Gasteiger partial charge in [-0.1, -0.05) is 0 Å². The molecule has 2 aliphatic heterocycles. The zero-order valence-corrected chi connectivity index (χ0v) is 14.6. The zero-order chi connectivity index (χ0) is 16.9. The van der Waals surface area contributed by atoms with Gasteiger partial charge in [0.25, 0.3) is 0 Å². The fourth-order valence-electron chi connectivity index (χ4n) is 3.62. The van der Waals surface area contributed by atoms with Crippen LogP contribution in [-0.2, 0) is 4.74 Å². The third kappa shape index (κ3) is 4.37. The molecule has 134 valence electrons. The van der Waals surface area contributed by atoms with Gasteiger partial charge in [0.2, 0.25) is 0 Å². The van der Waals surface area contributed by atoms with Crippen LogP contribution in [0, 0.1) is 5.82 Å². The Morgan fingerprint density at radius 2 is 2.08 bits per heavy atom. The van der Waals surface area contributed by atoms with E-state index in [1.807, 2.05) is 0 Å². The minimum Gasteiger partial charge on any atom is -0.399 e. The van der Waals surface area contributed by atoms with E-state index < -0.39 is 0 Å². The first-order chi connectivity index (χ1) is 11.6. The van der Waals surface area contributed by atoms with E-state index in [4.69, 9.17) is 10.5 Å². The predicted octanol–water partition coefficient (Wildman–Crippen LogP) is 1.64. The SMILES string of the molecule is CN(CCN1CCOCC1)C1CCCN(c2ccc(N)cc2F)C1. The van der Waals surface area contributed by atoms with Gasteiger partial charge >= 0.3 is 0 Å². The van der Waals surface area contributed by atoms with Gasteiger partial charge in [-0.25, -0.2) is 4.39 Å². The van der Waals surface area contributed by atoms with Gasteiger partial charge in [-0.05, 0) is 38.1 Å². The zero-order valence-electron chi connectivity index (χ0n) is 14.6. The maximum Gasteiger partial charge on any atom is 0.148 e. The van der Waals surface area contributed by atoms with Crippen molar-refractivity contribution < 1.29 is 9.13 Å². The molecular formula is C18H29FN4O. The van der Waals surface area contributed by atoms with Crippen LogP contribution in [0.1, 0.15) is 12.8 Å². The van der Waals surface area contributed by atoms with Crippen molar-refractivity contribution in [2.24, 2.45) is 0 Å². The van der Waals surface area contributed by atoms with Gasteiger partial charge < -0.3 is 20.3 Å². The van der Waals surface area contributed by atoms with Crippen LogP contribution in [0.2, 0.25) is 0 Å². The normalized spacial score (nSPS) is 23.0. The van der Waals surface area contributed by atoms with Crippen LogP contribution in [0.4, 0.5) is 15.8 Å². The molecule has 24 heavy (non-hydrogen) atoms. The summed E-state index contributed by atoms with van der Waals surface area (Å²) in [6.07, 6.45) is 2.27. The number of nitrogens with two attached hydrogens (primary N) is 1. The summed E-state index contributed by atoms with van der Waals surface area (Å²) in [5.74, 6) is -0.216. The van der Waals surface area contributed by atoms with E-state index in [0.717, 1.165) is 58.9 Å². The molecule has 2 aliphatic rings.